The molecule has 0 aliphatic heterocycles. The molecule has 0 radical (unpaired) electrons. The lowest BCUT2D eigenvalue weighted by atomic mass is 10.1. The molecule has 0 aliphatic rings. The molecule has 6 nitrogen and oxygen atoms in total. The fourth-order valence-electron chi connectivity index (χ4n) is 3.77. The number of aromatic nitrogens is 2. The fourth-order valence-corrected chi connectivity index (χ4v) is 4.91. The molecule has 5 aromatic rings. The molecule has 0 unspecified atom stereocenters. The lowest BCUT2D eigenvalue weighted by Crippen LogP contribution is -2.13. The molecule has 7 heteroatoms. The number of fused-ring (bicyclic) bond motifs is 3. The first-order valence-electron chi connectivity index (χ1n) is 11.5. The van der Waals surface area contributed by atoms with E-state index in [1.807, 2.05) is 42.5 Å². The summed E-state index contributed by atoms with van der Waals surface area (Å²) in [5, 5.41) is 4.81. The van der Waals surface area contributed by atoms with E-state index >= 15 is 0 Å². The number of ether oxygens (including phenoxy) is 1. The quantitative estimate of drug-likeness (QED) is 0.208. The molecule has 5 rings (SSSR count). The molecule has 0 fully saturated rings. The van der Waals surface area contributed by atoms with Crippen LogP contribution in [-0.2, 0) is 6.42 Å². The Kier molecular flexibility index (Phi) is 6.50. The van der Waals surface area contributed by atoms with E-state index in [9.17, 15) is 9.59 Å². The maximum atomic E-state index is 12.9. The number of aryl methyl sites for hydroxylation is 1. The second kappa shape index (κ2) is 10.0. The summed E-state index contributed by atoms with van der Waals surface area (Å²) in [6, 6.07) is 23.2. The summed E-state index contributed by atoms with van der Waals surface area (Å²) >= 11 is 1.60. The number of anilines is 1. The highest BCUT2D eigenvalue weighted by Crippen LogP contribution is 2.35. The maximum Gasteiger partial charge on any atom is 0.343 e. The van der Waals surface area contributed by atoms with Gasteiger partial charge in [0.2, 0.25) is 0 Å². The average Bonchev–Trinajstić information content (AvgIpc) is 3.33. The first kappa shape index (κ1) is 22.7. The number of amides is 1. The van der Waals surface area contributed by atoms with Gasteiger partial charge in [0.25, 0.3) is 5.91 Å². The van der Waals surface area contributed by atoms with Crippen LogP contribution in [0.3, 0.4) is 0 Å². The van der Waals surface area contributed by atoms with Crippen molar-refractivity contribution in [3.05, 3.63) is 95.0 Å². The number of hydrogen-bond acceptors (Lipinski definition) is 6. The Balaban J connectivity index is 1.56. The number of esters is 1. The van der Waals surface area contributed by atoms with E-state index in [1.165, 1.54) is 0 Å². The third-order valence-corrected chi connectivity index (χ3v) is 6.72. The first-order chi connectivity index (χ1) is 17.1. The SMILES string of the molecule is CCCCc1nc2c(NC(=O)c3ccccc3)nc3cc(C(=O)Oc4ccccc4)ccc3c2s1. The number of thiazole rings is 1. The monoisotopic (exact) mass is 481 g/mol. The number of carbonyl (C=O) groups is 2. The zero-order chi connectivity index (χ0) is 24.2. The third-order valence-electron chi connectivity index (χ3n) is 5.57. The fraction of sp³-hybridized carbons (Fsp3) is 0.143. The highest BCUT2D eigenvalue weighted by Gasteiger charge is 2.18. The topological polar surface area (TPSA) is 81.2 Å². The second-order valence-corrected chi connectivity index (χ2v) is 9.19. The maximum absolute atomic E-state index is 12.9. The van der Waals surface area contributed by atoms with Gasteiger partial charge in [-0.15, -0.1) is 11.3 Å². The van der Waals surface area contributed by atoms with Gasteiger partial charge in [-0.1, -0.05) is 55.8 Å². The second-order valence-electron chi connectivity index (χ2n) is 8.10. The molecule has 174 valence electrons. The van der Waals surface area contributed by atoms with Crippen LogP contribution in [-0.4, -0.2) is 21.8 Å². The molecule has 0 saturated heterocycles. The van der Waals surface area contributed by atoms with Crippen LogP contribution < -0.4 is 10.1 Å². The zero-order valence-electron chi connectivity index (χ0n) is 19.2. The Morgan fingerprint density at radius 3 is 2.40 bits per heavy atom. The van der Waals surface area contributed by atoms with E-state index < -0.39 is 5.97 Å². The van der Waals surface area contributed by atoms with Crippen molar-refractivity contribution in [2.75, 3.05) is 5.32 Å². The van der Waals surface area contributed by atoms with Crippen molar-refractivity contribution in [3.8, 4) is 5.75 Å². The molecule has 1 N–H and O–H groups in total. The Morgan fingerprint density at radius 2 is 1.66 bits per heavy atom. The number of hydrogen-bond donors (Lipinski definition) is 1. The minimum Gasteiger partial charge on any atom is -0.423 e. The predicted octanol–water partition coefficient (Wildman–Crippen LogP) is 6.66. The van der Waals surface area contributed by atoms with E-state index in [1.54, 1.807) is 47.7 Å². The van der Waals surface area contributed by atoms with Gasteiger partial charge in [-0.05, 0) is 49.2 Å². The van der Waals surface area contributed by atoms with Crippen LogP contribution in [0.2, 0.25) is 0 Å². The van der Waals surface area contributed by atoms with Crippen LogP contribution >= 0.6 is 11.3 Å². The molecular weight excluding hydrogens is 458 g/mol. The van der Waals surface area contributed by atoms with E-state index in [0.717, 1.165) is 34.4 Å². The van der Waals surface area contributed by atoms with Gasteiger partial charge in [0.1, 0.15) is 11.3 Å². The summed E-state index contributed by atoms with van der Waals surface area (Å²) in [4.78, 5) is 35.2. The van der Waals surface area contributed by atoms with Crippen molar-refractivity contribution in [2.45, 2.75) is 26.2 Å². The smallest absolute Gasteiger partial charge is 0.343 e. The number of unbranched alkanes of at least 4 members (excludes halogenated alkanes) is 1. The summed E-state index contributed by atoms with van der Waals surface area (Å²) in [6.07, 6.45) is 2.97. The van der Waals surface area contributed by atoms with Gasteiger partial charge in [-0.25, -0.2) is 14.8 Å². The molecule has 0 saturated carbocycles. The van der Waals surface area contributed by atoms with Crippen molar-refractivity contribution in [3.63, 3.8) is 0 Å². The van der Waals surface area contributed by atoms with Crippen LogP contribution in [0.1, 0.15) is 45.5 Å². The van der Waals surface area contributed by atoms with Crippen LogP contribution in [0.5, 0.6) is 5.75 Å². The Hall–Kier alpha value is -4.10. The molecule has 1 amide bonds. The van der Waals surface area contributed by atoms with Crippen molar-refractivity contribution in [1.82, 2.24) is 9.97 Å². The molecule has 0 atom stereocenters. The van der Waals surface area contributed by atoms with Crippen LogP contribution in [0, 0.1) is 0 Å². The zero-order valence-corrected chi connectivity index (χ0v) is 20.0. The van der Waals surface area contributed by atoms with Gasteiger partial charge in [0, 0.05) is 10.9 Å². The highest BCUT2D eigenvalue weighted by atomic mass is 32.1. The van der Waals surface area contributed by atoms with E-state index in [0.29, 0.717) is 33.7 Å². The van der Waals surface area contributed by atoms with Crippen molar-refractivity contribution in [2.24, 2.45) is 0 Å². The summed E-state index contributed by atoms with van der Waals surface area (Å²) in [6.45, 7) is 2.14. The predicted molar refractivity (Wildman–Crippen MR) is 139 cm³/mol. The largest absolute Gasteiger partial charge is 0.423 e. The number of pyridine rings is 1. The van der Waals surface area contributed by atoms with E-state index in [-0.39, 0.29) is 5.91 Å². The lowest BCUT2D eigenvalue weighted by molar-refractivity contribution is 0.0734. The van der Waals surface area contributed by atoms with E-state index in [2.05, 4.69) is 12.2 Å². The van der Waals surface area contributed by atoms with Crippen molar-refractivity contribution < 1.29 is 14.3 Å². The Labute approximate surface area is 206 Å². The van der Waals surface area contributed by atoms with Gasteiger partial charge in [-0.3, -0.25) is 4.79 Å². The number of nitrogens with one attached hydrogen (secondary N) is 1. The van der Waals surface area contributed by atoms with E-state index in [4.69, 9.17) is 14.7 Å². The molecule has 2 aromatic heterocycles. The third kappa shape index (κ3) is 4.90. The lowest BCUT2D eigenvalue weighted by Gasteiger charge is -2.09. The van der Waals surface area contributed by atoms with Gasteiger partial charge >= 0.3 is 5.97 Å². The van der Waals surface area contributed by atoms with Gasteiger partial charge in [0.05, 0.1) is 20.8 Å². The molecule has 2 heterocycles. The van der Waals surface area contributed by atoms with Crippen LogP contribution in [0.25, 0.3) is 21.1 Å². The molecule has 0 spiro atoms. The summed E-state index contributed by atoms with van der Waals surface area (Å²) in [5.41, 5.74) is 2.17. The average molecular weight is 482 g/mol. The standard InChI is InChI=1S/C28H23N3O3S/c1-2-3-14-23-30-24-25(35-23)21-16-15-19(28(33)34-20-12-8-5-9-13-20)17-22(21)29-26(24)31-27(32)18-10-6-4-7-11-18/h4-13,15-17H,2-3,14H2,1H3,(H,29,31,32). The minimum absolute atomic E-state index is 0.262. The Morgan fingerprint density at radius 1 is 0.914 bits per heavy atom. The van der Waals surface area contributed by atoms with Crippen molar-refractivity contribution in [1.29, 1.82) is 0 Å². The normalized spacial score (nSPS) is 11.0. The number of para-hydroxylation sites is 1. The van der Waals surface area contributed by atoms with Gasteiger partial charge in [0.15, 0.2) is 5.82 Å². The Bertz CT molecular complexity index is 1510. The van der Waals surface area contributed by atoms with Gasteiger partial charge in [-0.2, -0.15) is 0 Å². The number of nitrogens with zero attached hydrogens (tertiary/aromatic N) is 2. The molecule has 0 bridgehead atoms. The summed E-state index contributed by atoms with van der Waals surface area (Å²) in [7, 11) is 0. The highest BCUT2D eigenvalue weighted by molar-refractivity contribution is 7.19. The van der Waals surface area contributed by atoms with Gasteiger partial charge < -0.3 is 10.1 Å². The number of carbonyl (C=O) groups excluding carboxylic acids is 2. The molecule has 0 aliphatic carbocycles. The van der Waals surface area contributed by atoms with Crippen molar-refractivity contribution >= 4 is 50.2 Å². The van der Waals surface area contributed by atoms with Crippen LogP contribution in [0.4, 0.5) is 5.82 Å². The molecular formula is C28H23N3O3S. The summed E-state index contributed by atoms with van der Waals surface area (Å²) in [5.74, 6) is 0.123. The number of benzene rings is 3. The molecule has 3 aromatic carbocycles. The number of rotatable bonds is 7. The summed E-state index contributed by atoms with van der Waals surface area (Å²) < 4.78 is 6.43. The first-order valence-corrected chi connectivity index (χ1v) is 12.3. The molecule has 35 heavy (non-hydrogen) atoms. The van der Waals surface area contributed by atoms with Crippen LogP contribution in [0.15, 0.2) is 78.9 Å². The minimum atomic E-state index is -0.470.